The lowest BCUT2D eigenvalue weighted by Gasteiger charge is -2.32. The first-order chi connectivity index (χ1) is 28.4. The predicted octanol–water partition coefficient (Wildman–Crippen LogP) is 8.50. The number of rotatable bonds is 10. The van der Waals surface area contributed by atoms with Gasteiger partial charge >= 0.3 is 7.12 Å². The first kappa shape index (κ1) is 47.7. The third-order valence-corrected chi connectivity index (χ3v) is 15.5. The van der Waals surface area contributed by atoms with Crippen molar-refractivity contribution < 1.29 is 26.1 Å². The van der Waals surface area contributed by atoms with Crippen LogP contribution >= 0.6 is 15.9 Å². The van der Waals surface area contributed by atoms with Crippen molar-refractivity contribution in [3.63, 3.8) is 0 Å². The molecule has 0 amide bonds. The smallest absolute Gasteiger partial charge is 0.399 e. The first-order valence-electron chi connectivity index (χ1n) is 20.9. The highest BCUT2D eigenvalue weighted by atomic mass is 79.9. The Morgan fingerprint density at radius 3 is 1.58 bits per heavy atom. The van der Waals surface area contributed by atoms with E-state index in [1.165, 1.54) is 58.2 Å². The number of nitrogens with zero attached hydrogens (tertiary/aromatic N) is 2. The number of hydrogen-bond donors (Lipinski definition) is 4. The minimum Gasteiger partial charge on any atom is -0.399 e. The molecule has 2 saturated carbocycles. The molecular weight excluding hydrogens is 863 g/mol. The van der Waals surface area contributed by atoms with E-state index in [9.17, 15) is 16.8 Å². The summed E-state index contributed by atoms with van der Waals surface area (Å²) >= 11 is 3.28. The standard InChI is InChI=1S/C19H31BN2O4S.C19H25N3O2S.C6H6BrN/c1-18(2)19(3,4)26-20(25-18)16-13-15(27(23,24)21-5)11-12-17(16)22-14-9-7-6-8-10-14;1-14-7-6-12-21-19(14)17-13-16(25(23,24)20-2)10-11-18(17)22-15-8-4-3-5-9-15;1-5-3-2-4-8-6(5)7/h11-14,21-22H,6-10H2,1-5H3;6-7,10-13,15,20,22H,3-5,8-9H2,1-2H3;2-4H,1H3. The number of hydrogen-bond acceptors (Lipinski definition) is 10. The third kappa shape index (κ3) is 12.2. The van der Waals surface area contributed by atoms with Crippen molar-refractivity contribution in [2.45, 2.75) is 139 Å². The maximum Gasteiger partial charge on any atom is 0.497 e. The zero-order valence-corrected chi connectivity index (χ0v) is 39.5. The fourth-order valence-electron chi connectivity index (χ4n) is 7.42. The molecule has 0 radical (unpaired) electrons. The van der Waals surface area contributed by atoms with Gasteiger partial charge in [0.1, 0.15) is 4.60 Å². The van der Waals surface area contributed by atoms with Gasteiger partial charge in [0.25, 0.3) is 0 Å². The van der Waals surface area contributed by atoms with Gasteiger partial charge in [0.05, 0.1) is 26.7 Å². The maximum absolute atomic E-state index is 12.3. The Hall–Kier alpha value is -3.38. The van der Waals surface area contributed by atoms with Crippen LogP contribution in [0.3, 0.4) is 0 Å². The molecule has 326 valence electrons. The van der Waals surface area contributed by atoms with Crippen LogP contribution in [0.15, 0.2) is 87.5 Å². The number of nitrogens with one attached hydrogen (secondary N) is 4. The minimum atomic E-state index is -3.55. The maximum atomic E-state index is 12.3. The highest BCUT2D eigenvalue weighted by Crippen LogP contribution is 2.38. The zero-order valence-electron chi connectivity index (χ0n) is 36.3. The Balaban J connectivity index is 0.000000192. The van der Waals surface area contributed by atoms with Crippen molar-refractivity contribution >= 4 is 59.9 Å². The van der Waals surface area contributed by atoms with Crippen molar-refractivity contribution in [1.29, 1.82) is 0 Å². The molecule has 4 N–H and O–H groups in total. The van der Waals surface area contributed by atoms with E-state index in [0.29, 0.717) is 12.1 Å². The summed E-state index contributed by atoms with van der Waals surface area (Å²) in [5, 5.41) is 7.22. The molecule has 2 aliphatic carbocycles. The van der Waals surface area contributed by atoms with E-state index in [0.717, 1.165) is 63.9 Å². The van der Waals surface area contributed by atoms with E-state index in [1.54, 1.807) is 36.7 Å². The molecule has 2 aromatic heterocycles. The first-order valence-corrected chi connectivity index (χ1v) is 24.7. The van der Waals surface area contributed by atoms with Gasteiger partial charge in [0.15, 0.2) is 0 Å². The topological polar surface area (TPSA) is 161 Å². The number of benzene rings is 2. The Bertz CT molecular complexity index is 2250. The van der Waals surface area contributed by atoms with E-state index >= 15 is 0 Å². The molecule has 0 unspecified atom stereocenters. The lowest BCUT2D eigenvalue weighted by molar-refractivity contribution is 0.00578. The summed E-state index contributed by atoms with van der Waals surface area (Å²) in [7, 11) is -4.82. The molecule has 0 spiro atoms. The predicted molar refractivity (Wildman–Crippen MR) is 247 cm³/mol. The molecule has 1 saturated heterocycles. The molecule has 12 nitrogen and oxygen atoms in total. The van der Waals surface area contributed by atoms with Gasteiger partial charge in [-0.25, -0.2) is 31.3 Å². The van der Waals surface area contributed by atoms with Crippen molar-refractivity contribution in [2.24, 2.45) is 0 Å². The summed E-state index contributed by atoms with van der Waals surface area (Å²) in [6.07, 6.45) is 15.5. The molecular formula is C44H62BBrN6O6S2. The summed E-state index contributed by atoms with van der Waals surface area (Å²) in [6, 6.07) is 19.0. The summed E-state index contributed by atoms with van der Waals surface area (Å²) in [4.78, 5) is 8.96. The van der Waals surface area contributed by atoms with Crippen LogP contribution in [0.1, 0.15) is 103 Å². The van der Waals surface area contributed by atoms with Gasteiger partial charge < -0.3 is 19.9 Å². The van der Waals surface area contributed by atoms with E-state index < -0.39 is 38.4 Å². The molecule has 3 aliphatic rings. The quantitative estimate of drug-likeness (QED) is 0.0897. The summed E-state index contributed by atoms with van der Waals surface area (Å²) in [5.41, 5.74) is 5.43. The van der Waals surface area contributed by atoms with Crippen LogP contribution in [0.4, 0.5) is 11.4 Å². The molecule has 0 bridgehead atoms. The van der Waals surface area contributed by atoms with Gasteiger partial charge in [0.2, 0.25) is 20.0 Å². The Morgan fingerprint density at radius 2 is 1.12 bits per heavy atom. The van der Waals surface area contributed by atoms with Gasteiger partial charge in [-0.1, -0.05) is 50.7 Å². The third-order valence-electron chi connectivity index (χ3n) is 11.8. The molecule has 0 atom stereocenters. The molecule has 1 aliphatic heterocycles. The molecule has 3 heterocycles. The van der Waals surface area contributed by atoms with Crippen molar-refractivity contribution in [2.75, 3.05) is 24.7 Å². The highest BCUT2D eigenvalue weighted by Gasteiger charge is 2.52. The minimum absolute atomic E-state index is 0.212. The van der Waals surface area contributed by atoms with Gasteiger partial charge in [-0.3, -0.25) is 4.98 Å². The van der Waals surface area contributed by atoms with E-state index in [2.05, 4.69) is 46.0 Å². The number of halogens is 1. The average molecular weight is 926 g/mol. The zero-order chi connectivity index (χ0) is 43.7. The molecule has 2 aromatic carbocycles. The molecule has 7 rings (SSSR count). The van der Waals surface area contributed by atoms with E-state index in [-0.39, 0.29) is 9.79 Å². The monoisotopic (exact) mass is 924 g/mol. The van der Waals surface area contributed by atoms with Crippen molar-refractivity contribution in [3.05, 3.63) is 88.8 Å². The Labute approximate surface area is 367 Å². The van der Waals surface area contributed by atoms with Crippen LogP contribution in [0, 0.1) is 13.8 Å². The van der Waals surface area contributed by atoms with Gasteiger partial charge in [-0.2, -0.15) is 0 Å². The Morgan fingerprint density at radius 1 is 0.650 bits per heavy atom. The lowest BCUT2D eigenvalue weighted by Crippen LogP contribution is -2.41. The van der Waals surface area contributed by atoms with Crippen LogP contribution in [-0.2, 0) is 29.4 Å². The molecule has 3 fully saturated rings. The van der Waals surface area contributed by atoms with Crippen molar-refractivity contribution in [1.82, 2.24) is 19.4 Å². The second-order valence-electron chi connectivity index (χ2n) is 16.7. The largest absolute Gasteiger partial charge is 0.497 e. The van der Waals surface area contributed by atoms with E-state index in [1.807, 2.05) is 77.9 Å². The van der Waals surface area contributed by atoms with E-state index in [4.69, 9.17) is 9.31 Å². The van der Waals surface area contributed by atoms with Gasteiger partial charge in [0, 0.05) is 46.9 Å². The summed E-state index contributed by atoms with van der Waals surface area (Å²) in [6.45, 7) is 12.0. The number of sulfonamides is 2. The van der Waals surface area contributed by atoms with Crippen LogP contribution < -0.4 is 25.5 Å². The number of aryl methyl sites for hydroxylation is 2. The Kier molecular flexibility index (Phi) is 16.4. The highest BCUT2D eigenvalue weighted by molar-refractivity contribution is 9.10. The van der Waals surface area contributed by atoms with Crippen LogP contribution in [-0.4, -0.2) is 71.3 Å². The number of anilines is 2. The summed E-state index contributed by atoms with van der Waals surface area (Å²) in [5.74, 6) is 0. The van der Waals surface area contributed by atoms with Crippen LogP contribution in [0.2, 0.25) is 0 Å². The fraction of sp³-hybridized carbons (Fsp3) is 0.500. The van der Waals surface area contributed by atoms with Crippen molar-refractivity contribution in [3.8, 4) is 11.3 Å². The van der Waals surface area contributed by atoms with Crippen LogP contribution in [0.25, 0.3) is 11.3 Å². The fourth-order valence-corrected chi connectivity index (χ4v) is 9.19. The average Bonchev–Trinajstić information content (AvgIpc) is 3.46. The van der Waals surface area contributed by atoms with Crippen LogP contribution in [0.5, 0.6) is 0 Å². The SMILES string of the molecule is CNS(=O)(=O)c1ccc(NC2CCCCC2)c(-c2ncccc2C)c1.CNS(=O)(=O)c1ccc(NC2CCCCC2)c(B2OC(C)(C)C(C)(C)O2)c1.Cc1cccnc1Br. The van der Waals surface area contributed by atoms with Gasteiger partial charge in [-0.05, 0) is 157 Å². The summed E-state index contributed by atoms with van der Waals surface area (Å²) < 4.78 is 67.2. The lowest BCUT2D eigenvalue weighted by atomic mass is 9.77. The molecule has 16 heteroatoms. The number of pyridine rings is 2. The second kappa shape index (κ2) is 20.7. The second-order valence-corrected chi connectivity index (χ2v) is 21.2. The molecule has 4 aromatic rings. The van der Waals surface area contributed by atoms with Gasteiger partial charge in [-0.15, -0.1) is 0 Å². The normalized spacial score (nSPS) is 18.1. The molecule has 60 heavy (non-hydrogen) atoms. The number of aromatic nitrogens is 2.